The van der Waals surface area contributed by atoms with Gasteiger partial charge in [-0.3, -0.25) is 10.5 Å². The van der Waals surface area contributed by atoms with E-state index in [1.54, 1.807) is 30.3 Å². The topological polar surface area (TPSA) is 118 Å². The molecule has 0 aliphatic heterocycles. The van der Waals surface area contributed by atoms with Crippen LogP contribution in [0.25, 0.3) is 0 Å². The summed E-state index contributed by atoms with van der Waals surface area (Å²) in [6.07, 6.45) is -4.88. The summed E-state index contributed by atoms with van der Waals surface area (Å²) >= 11 is 0. The average Bonchev–Trinajstić information content (AvgIpc) is 2.67. The average molecular weight is 419 g/mol. The first-order valence-corrected chi connectivity index (χ1v) is 8.50. The Labute approximate surface area is 168 Å². The minimum Gasteiger partial charge on any atom is -0.439 e. The quantitative estimate of drug-likeness (QED) is 0.472. The number of amides is 1. The van der Waals surface area contributed by atoms with Crippen LogP contribution in [0.1, 0.15) is 21.6 Å². The number of carbonyl (C=O) groups excluding carboxylic acids is 1. The van der Waals surface area contributed by atoms with Gasteiger partial charge >= 0.3 is 6.18 Å². The maximum absolute atomic E-state index is 13.1. The molecule has 0 radical (unpaired) electrons. The molecule has 1 amide bonds. The number of nitrogens with one attached hydrogen (secondary N) is 1. The van der Waals surface area contributed by atoms with Crippen LogP contribution in [-0.2, 0) is 12.1 Å². The van der Waals surface area contributed by atoms with Crippen molar-refractivity contribution in [3.05, 3.63) is 83.6 Å². The van der Waals surface area contributed by atoms with Gasteiger partial charge < -0.3 is 20.3 Å². The molecule has 7 nitrogen and oxygen atoms in total. The highest BCUT2D eigenvalue weighted by Crippen LogP contribution is 2.33. The summed E-state index contributed by atoms with van der Waals surface area (Å²) in [6.45, 7) is 0. The van der Waals surface area contributed by atoms with Crippen molar-refractivity contribution in [2.24, 2.45) is 5.73 Å². The SMILES string of the molecule is NC(O)(O)c1cc(Oc2cccc(C(=O)Nc3ccccc3)c2)nc(C(F)(F)F)c1. The van der Waals surface area contributed by atoms with Gasteiger partial charge in [0.2, 0.25) is 11.8 Å². The van der Waals surface area contributed by atoms with Crippen molar-refractivity contribution in [1.29, 1.82) is 0 Å². The molecule has 30 heavy (non-hydrogen) atoms. The molecule has 0 bridgehead atoms. The second kappa shape index (κ2) is 8.11. The Bertz CT molecular complexity index is 1020. The van der Waals surface area contributed by atoms with E-state index < -0.39 is 35.1 Å². The summed E-state index contributed by atoms with van der Waals surface area (Å²) in [5, 5.41) is 21.6. The molecule has 10 heteroatoms. The number of halogens is 3. The van der Waals surface area contributed by atoms with Crippen LogP contribution in [-0.4, -0.2) is 21.1 Å². The predicted octanol–water partition coefficient (Wildman–Crippen LogP) is 3.20. The van der Waals surface area contributed by atoms with Gasteiger partial charge in [0.25, 0.3) is 5.91 Å². The summed E-state index contributed by atoms with van der Waals surface area (Å²) < 4.78 is 44.6. The lowest BCUT2D eigenvalue weighted by Crippen LogP contribution is -2.36. The maximum Gasteiger partial charge on any atom is 0.433 e. The van der Waals surface area contributed by atoms with Crippen LogP contribution in [0.15, 0.2) is 66.7 Å². The molecule has 0 aliphatic carbocycles. The number of nitrogens with zero attached hydrogens (tertiary/aromatic N) is 1. The Balaban J connectivity index is 1.88. The Morgan fingerprint density at radius 3 is 2.33 bits per heavy atom. The highest BCUT2D eigenvalue weighted by Gasteiger charge is 2.35. The predicted molar refractivity (Wildman–Crippen MR) is 100 cm³/mol. The van der Waals surface area contributed by atoms with E-state index in [1.165, 1.54) is 24.3 Å². The van der Waals surface area contributed by atoms with Crippen LogP contribution in [0.4, 0.5) is 18.9 Å². The summed E-state index contributed by atoms with van der Waals surface area (Å²) in [7, 11) is 0. The lowest BCUT2D eigenvalue weighted by molar-refractivity contribution is -0.165. The smallest absolute Gasteiger partial charge is 0.433 e. The van der Waals surface area contributed by atoms with Crippen molar-refractivity contribution in [3.63, 3.8) is 0 Å². The van der Waals surface area contributed by atoms with Gasteiger partial charge in [0.05, 0.1) is 0 Å². The number of carbonyl (C=O) groups is 1. The van der Waals surface area contributed by atoms with Crippen molar-refractivity contribution in [2.75, 3.05) is 5.32 Å². The fourth-order valence-electron chi connectivity index (χ4n) is 2.46. The third kappa shape index (κ3) is 5.32. The maximum atomic E-state index is 13.1. The van der Waals surface area contributed by atoms with E-state index in [2.05, 4.69) is 10.3 Å². The molecule has 0 aliphatic rings. The van der Waals surface area contributed by atoms with Gasteiger partial charge in [-0.05, 0) is 36.4 Å². The van der Waals surface area contributed by atoms with E-state index in [0.29, 0.717) is 11.8 Å². The van der Waals surface area contributed by atoms with Gasteiger partial charge in [0.1, 0.15) is 11.4 Å². The zero-order chi connectivity index (χ0) is 21.9. The van der Waals surface area contributed by atoms with Crippen LogP contribution in [0.3, 0.4) is 0 Å². The lowest BCUT2D eigenvalue weighted by Gasteiger charge is -2.18. The Morgan fingerprint density at radius 2 is 1.70 bits per heavy atom. The fourth-order valence-corrected chi connectivity index (χ4v) is 2.46. The summed E-state index contributed by atoms with van der Waals surface area (Å²) in [4.78, 5) is 15.7. The minimum absolute atomic E-state index is 0.00647. The third-order valence-electron chi connectivity index (χ3n) is 3.87. The number of benzene rings is 2. The molecule has 0 spiro atoms. The van der Waals surface area contributed by atoms with E-state index in [0.717, 1.165) is 6.07 Å². The van der Waals surface area contributed by atoms with Crippen molar-refractivity contribution < 1.29 is 32.9 Å². The minimum atomic E-state index is -4.88. The van der Waals surface area contributed by atoms with Crippen molar-refractivity contribution in [3.8, 4) is 11.6 Å². The van der Waals surface area contributed by atoms with E-state index in [1.807, 2.05) is 0 Å². The van der Waals surface area contributed by atoms with Crippen molar-refractivity contribution >= 4 is 11.6 Å². The molecular weight excluding hydrogens is 403 g/mol. The second-order valence-corrected chi connectivity index (χ2v) is 6.25. The number of nitrogens with two attached hydrogens (primary N) is 1. The summed E-state index contributed by atoms with van der Waals surface area (Å²) in [6, 6.07) is 15.6. The van der Waals surface area contributed by atoms with Gasteiger partial charge in [-0.25, -0.2) is 4.98 Å². The molecule has 0 saturated heterocycles. The number of rotatable bonds is 5. The molecule has 3 aromatic rings. The highest BCUT2D eigenvalue weighted by molar-refractivity contribution is 6.04. The van der Waals surface area contributed by atoms with E-state index in [-0.39, 0.29) is 11.3 Å². The fraction of sp³-hybridized carbons (Fsp3) is 0.100. The first-order chi connectivity index (χ1) is 14.0. The number of ether oxygens (including phenoxy) is 1. The van der Waals surface area contributed by atoms with Crippen LogP contribution in [0.2, 0.25) is 0 Å². The van der Waals surface area contributed by atoms with Gasteiger partial charge in [-0.2, -0.15) is 13.2 Å². The number of para-hydroxylation sites is 1. The molecule has 0 unspecified atom stereocenters. The first kappa shape index (κ1) is 21.2. The molecule has 0 fully saturated rings. The normalized spacial score (nSPS) is 11.8. The van der Waals surface area contributed by atoms with Gasteiger partial charge in [0.15, 0.2) is 0 Å². The Hall–Kier alpha value is -3.47. The molecule has 0 atom stereocenters. The Morgan fingerprint density at radius 1 is 1.00 bits per heavy atom. The molecule has 5 N–H and O–H groups in total. The number of pyridine rings is 1. The highest BCUT2D eigenvalue weighted by atomic mass is 19.4. The number of anilines is 1. The summed E-state index contributed by atoms with van der Waals surface area (Å²) in [5.41, 5.74) is 3.72. The van der Waals surface area contributed by atoms with Gasteiger partial charge in [-0.1, -0.05) is 24.3 Å². The first-order valence-electron chi connectivity index (χ1n) is 8.50. The van der Waals surface area contributed by atoms with Crippen LogP contribution < -0.4 is 15.8 Å². The van der Waals surface area contributed by atoms with Gasteiger partial charge in [-0.15, -0.1) is 0 Å². The number of aliphatic hydroxyl groups is 2. The third-order valence-corrected chi connectivity index (χ3v) is 3.87. The molecule has 2 aromatic carbocycles. The van der Waals surface area contributed by atoms with Crippen LogP contribution in [0, 0.1) is 0 Å². The van der Waals surface area contributed by atoms with E-state index >= 15 is 0 Å². The standard InChI is InChI=1S/C20H16F3N3O4/c21-19(22,23)16-10-13(20(24,28)29)11-17(26-16)30-15-8-4-5-12(9-15)18(27)25-14-6-2-1-3-7-14/h1-11,28-29H,24H2,(H,25,27). The zero-order valence-corrected chi connectivity index (χ0v) is 15.2. The molecular formula is C20H16F3N3O4. The number of hydrogen-bond donors (Lipinski definition) is 4. The molecule has 156 valence electrons. The monoisotopic (exact) mass is 419 g/mol. The van der Waals surface area contributed by atoms with Crippen molar-refractivity contribution in [2.45, 2.75) is 12.1 Å². The second-order valence-electron chi connectivity index (χ2n) is 6.25. The zero-order valence-electron chi connectivity index (χ0n) is 15.2. The molecule has 1 aromatic heterocycles. The van der Waals surface area contributed by atoms with Crippen molar-refractivity contribution in [1.82, 2.24) is 4.98 Å². The van der Waals surface area contributed by atoms with E-state index in [4.69, 9.17) is 10.5 Å². The van der Waals surface area contributed by atoms with Crippen LogP contribution in [0.5, 0.6) is 11.6 Å². The lowest BCUT2D eigenvalue weighted by atomic mass is 10.1. The number of alkyl halides is 3. The van der Waals surface area contributed by atoms with Gasteiger partial charge in [0, 0.05) is 22.9 Å². The van der Waals surface area contributed by atoms with Crippen LogP contribution >= 0.6 is 0 Å². The number of aromatic nitrogens is 1. The molecule has 0 saturated carbocycles. The molecule has 1 heterocycles. The molecule has 3 rings (SSSR count). The summed E-state index contributed by atoms with van der Waals surface area (Å²) in [5.74, 6) is -4.07. The Kier molecular flexibility index (Phi) is 5.74. The number of hydrogen-bond acceptors (Lipinski definition) is 6. The largest absolute Gasteiger partial charge is 0.439 e. The van der Waals surface area contributed by atoms with E-state index in [9.17, 15) is 28.2 Å².